The molecule has 30 heavy (non-hydrogen) atoms. The first kappa shape index (κ1) is 18.6. The van der Waals surface area contributed by atoms with Crippen molar-refractivity contribution in [1.29, 1.82) is 0 Å². The van der Waals surface area contributed by atoms with Crippen LogP contribution in [0.3, 0.4) is 0 Å². The van der Waals surface area contributed by atoms with Gasteiger partial charge in [0, 0.05) is 35.6 Å². The second kappa shape index (κ2) is 7.10. The van der Waals surface area contributed by atoms with Crippen LogP contribution in [0.5, 0.6) is 5.75 Å². The molecule has 0 radical (unpaired) electrons. The van der Waals surface area contributed by atoms with Crippen LogP contribution in [0.4, 0.5) is 16.9 Å². The van der Waals surface area contributed by atoms with E-state index < -0.39 is 0 Å². The maximum atomic E-state index is 6.08. The molecule has 4 aromatic rings. The summed E-state index contributed by atoms with van der Waals surface area (Å²) in [6.07, 6.45) is 3.62. The lowest BCUT2D eigenvalue weighted by Gasteiger charge is -2.20. The lowest BCUT2D eigenvalue weighted by Crippen LogP contribution is -2.27. The summed E-state index contributed by atoms with van der Waals surface area (Å²) in [4.78, 5) is 20.7. The zero-order valence-corrected chi connectivity index (χ0v) is 17.5. The Balaban J connectivity index is 1.54. The maximum absolute atomic E-state index is 6.08. The first-order chi connectivity index (χ1) is 14.5. The molecule has 1 aliphatic rings. The van der Waals surface area contributed by atoms with E-state index in [9.17, 15) is 0 Å². The number of hydrogen-bond donors (Lipinski definition) is 2. The zero-order chi connectivity index (χ0) is 20.8. The van der Waals surface area contributed by atoms with Crippen LogP contribution in [0.2, 0.25) is 0 Å². The van der Waals surface area contributed by atoms with Crippen LogP contribution in [0.15, 0.2) is 30.6 Å². The third kappa shape index (κ3) is 3.26. The van der Waals surface area contributed by atoms with Gasteiger partial charge in [0.1, 0.15) is 28.5 Å². The molecule has 0 aliphatic carbocycles. The first-order valence-corrected chi connectivity index (χ1v) is 10.4. The predicted molar refractivity (Wildman–Crippen MR) is 120 cm³/mol. The number of benzene rings is 1. The van der Waals surface area contributed by atoms with Gasteiger partial charge in [0.15, 0.2) is 5.13 Å². The van der Waals surface area contributed by atoms with Gasteiger partial charge in [0.25, 0.3) is 0 Å². The van der Waals surface area contributed by atoms with Crippen molar-refractivity contribution < 1.29 is 4.74 Å². The minimum absolute atomic E-state index is 0.497. The third-order valence-corrected chi connectivity index (χ3v) is 6.01. The number of aromatic nitrogens is 4. The average molecular weight is 420 g/mol. The Hall–Kier alpha value is -3.46. The van der Waals surface area contributed by atoms with Gasteiger partial charge in [-0.05, 0) is 43.2 Å². The number of fused-ring (bicyclic) bond motifs is 2. The summed E-state index contributed by atoms with van der Waals surface area (Å²) >= 11 is 1.39. The summed E-state index contributed by atoms with van der Waals surface area (Å²) in [6, 6.07) is 6.28. The Kier molecular flexibility index (Phi) is 4.39. The summed E-state index contributed by atoms with van der Waals surface area (Å²) < 4.78 is 6.08. The Morgan fingerprint density at radius 3 is 2.70 bits per heavy atom. The minimum Gasteiger partial charge on any atom is -0.491 e. The van der Waals surface area contributed by atoms with Crippen molar-refractivity contribution in [1.82, 2.24) is 19.9 Å². The lowest BCUT2D eigenvalue weighted by molar-refractivity contribution is 0.329. The average Bonchev–Trinajstić information content (AvgIpc) is 2.95. The van der Waals surface area contributed by atoms with Gasteiger partial charge in [-0.25, -0.2) is 15.0 Å². The van der Waals surface area contributed by atoms with E-state index in [0.717, 1.165) is 43.9 Å². The normalized spacial score (nSPS) is 13.7. The maximum Gasteiger partial charge on any atom is 0.227 e. The first-order valence-electron chi connectivity index (χ1n) is 9.61. The molecule has 0 saturated carbocycles. The molecule has 9 heteroatoms. The minimum atomic E-state index is 0.497. The summed E-state index contributed by atoms with van der Waals surface area (Å²) in [6.45, 7) is 5.82. The van der Waals surface area contributed by atoms with Crippen LogP contribution < -0.4 is 21.1 Å². The standard InChI is InChI=1S/C21H21N7OS/c1-11-5-13(14-7-16-19(24-9-14)30-20(23)26-16)6-15-10-28(3-4-29-17(11)15)21-25-8-12(2)18(22)27-21/h5-9H,3-4,10H2,1-2H3,(H2,23,26)(H2,22,25,27). The van der Waals surface area contributed by atoms with Crippen LogP contribution >= 0.6 is 11.3 Å². The zero-order valence-electron chi connectivity index (χ0n) is 16.7. The molecule has 152 valence electrons. The summed E-state index contributed by atoms with van der Waals surface area (Å²) in [5.74, 6) is 2.02. The second-order valence-corrected chi connectivity index (χ2v) is 8.40. The SMILES string of the molecule is Cc1cnc(N2CCOc3c(C)cc(-c4cnc5sc(N)nc5c4)cc3C2)nc1N. The second-order valence-electron chi connectivity index (χ2n) is 7.39. The predicted octanol–water partition coefficient (Wildman–Crippen LogP) is 3.33. The van der Waals surface area contributed by atoms with Gasteiger partial charge in [0.2, 0.25) is 5.95 Å². The van der Waals surface area contributed by atoms with E-state index in [0.29, 0.717) is 36.6 Å². The van der Waals surface area contributed by atoms with Crippen molar-refractivity contribution in [2.24, 2.45) is 0 Å². The largest absolute Gasteiger partial charge is 0.491 e. The third-order valence-electron chi connectivity index (χ3n) is 5.20. The topological polar surface area (TPSA) is 116 Å². The highest BCUT2D eigenvalue weighted by Gasteiger charge is 2.21. The molecule has 3 aromatic heterocycles. The lowest BCUT2D eigenvalue weighted by atomic mass is 10.00. The van der Waals surface area contributed by atoms with Gasteiger partial charge in [-0.15, -0.1) is 0 Å². The molecule has 1 aliphatic heterocycles. The van der Waals surface area contributed by atoms with Crippen LogP contribution in [-0.4, -0.2) is 33.1 Å². The molecule has 8 nitrogen and oxygen atoms in total. The number of nitrogens with zero attached hydrogens (tertiary/aromatic N) is 5. The molecule has 4 N–H and O–H groups in total. The molecule has 5 rings (SSSR count). The van der Waals surface area contributed by atoms with Gasteiger partial charge in [-0.1, -0.05) is 11.3 Å². The van der Waals surface area contributed by atoms with E-state index in [1.165, 1.54) is 11.3 Å². The number of pyridine rings is 1. The molecule has 0 atom stereocenters. The summed E-state index contributed by atoms with van der Waals surface area (Å²) in [7, 11) is 0. The van der Waals surface area contributed by atoms with Gasteiger partial charge in [-0.3, -0.25) is 0 Å². The molecule has 0 unspecified atom stereocenters. The number of ether oxygens (including phenoxy) is 1. The fourth-order valence-electron chi connectivity index (χ4n) is 3.65. The van der Waals surface area contributed by atoms with Crippen molar-refractivity contribution in [3.63, 3.8) is 0 Å². The van der Waals surface area contributed by atoms with Crippen LogP contribution in [-0.2, 0) is 6.54 Å². The fourth-order valence-corrected chi connectivity index (χ4v) is 4.30. The van der Waals surface area contributed by atoms with Crippen molar-refractivity contribution in [2.45, 2.75) is 20.4 Å². The molecule has 1 aromatic carbocycles. The van der Waals surface area contributed by atoms with Gasteiger partial charge < -0.3 is 21.1 Å². The summed E-state index contributed by atoms with van der Waals surface area (Å²) in [5, 5.41) is 0.522. The monoisotopic (exact) mass is 419 g/mol. The van der Waals surface area contributed by atoms with E-state index in [2.05, 4.69) is 43.9 Å². The van der Waals surface area contributed by atoms with Crippen LogP contribution in [0.25, 0.3) is 21.5 Å². The highest BCUT2D eigenvalue weighted by atomic mass is 32.1. The van der Waals surface area contributed by atoms with Gasteiger partial charge in [0.05, 0.1) is 6.54 Å². The molecular weight excluding hydrogens is 398 g/mol. The molecule has 0 saturated heterocycles. The highest BCUT2D eigenvalue weighted by molar-refractivity contribution is 7.21. The van der Waals surface area contributed by atoms with E-state index >= 15 is 0 Å². The number of thiazole rings is 1. The number of nitrogens with two attached hydrogens (primary N) is 2. The molecule has 0 spiro atoms. The van der Waals surface area contributed by atoms with Crippen LogP contribution in [0.1, 0.15) is 16.7 Å². The van der Waals surface area contributed by atoms with Crippen molar-refractivity contribution >= 4 is 38.6 Å². The fraction of sp³-hybridized carbons (Fsp3) is 0.238. The quantitative estimate of drug-likeness (QED) is 0.508. The number of rotatable bonds is 2. The Labute approximate surface area is 177 Å². The van der Waals surface area contributed by atoms with Crippen LogP contribution in [0, 0.1) is 13.8 Å². The molecule has 0 amide bonds. The van der Waals surface area contributed by atoms with E-state index in [-0.39, 0.29) is 0 Å². The Morgan fingerprint density at radius 1 is 1.00 bits per heavy atom. The van der Waals surface area contributed by atoms with E-state index in [1.54, 1.807) is 6.20 Å². The number of aryl methyl sites for hydroxylation is 2. The summed E-state index contributed by atoms with van der Waals surface area (Å²) in [5.41, 5.74) is 17.7. The molecule has 0 fully saturated rings. The Morgan fingerprint density at radius 2 is 1.87 bits per heavy atom. The number of nitrogen functional groups attached to an aromatic ring is 2. The van der Waals surface area contributed by atoms with E-state index in [4.69, 9.17) is 16.2 Å². The smallest absolute Gasteiger partial charge is 0.227 e. The molecule has 0 bridgehead atoms. The molecule has 4 heterocycles. The van der Waals surface area contributed by atoms with Crippen molar-refractivity contribution in [3.8, 4) is 16.9 Å². The van der Waals surface area contributed by atoms with Gasteiger partial charge >= 0.3 is 0 Å². The molecular formula is C21H21N7OS. The van der Waals surface area contributed by atoms with E-state index in [1.807, 2.05) is 19.2 Å². The van der Waals surface area contributed by atoms with Crippen molar-refractivity contribution in [2.75, 3.05) is 29.5 Å². The van der Waals surface area contributed by atoms with Crippen molar-refractivity contribution in [3.05, 3.63) is 47.3 Å². The Bertz CT molecular complexity index is 1270. The highest BCUT2D eigenvalue weighted by Crippen LogP contribution is 2.34. The number of anilines is 3. The van der Waals surface area contributed by atoms with Gasteiger partial charge in [-0.2, -0.15) is 4.98 Å². The number of hydrogen-bond acceptors (Lipinski definition) is 9.